The number of nitrogens with zero attached hydrogens (tertiary/aromatic N) is 1. The molecule has 0 heterocycles. The molecule has 1 aromatic carbocycles. The number of carbonyl (C=O) groups excluding carboxylic acids is 1. The first-order valence-electron chi connectivity index (χ1n) is 5.46. The number of aliphatic hydroxyl groups excluding tert-OH is 1. The molecule has 0 spiro atoms. The summed E-state index contributed by atoms with van der Waals surface area (Å²) in [6.07, 6.45) is 0. The number of amides is 1. The standard InChI is InChI=1S/C12H16INO3/c1-3-14(4-2)12(16)9-5-6-10(13)11(7-9)17-8-15/h5-7,15H,3-4,8H2,1-2H3. The van der Waals surface area contributed by atoms with Gasteiger partial charge < -0.3 is 14.7 Å². The Morgan fingerprint density at radius 2 is 2.06 bits per heavy atom. The summed E-state index contributed by atoms with van der Waals surface area (Å²) in [5, 5.41) is 8.75. The lowest BCUT2D eigenvalue weighted by atomic mass is 10.2. The minimum absolute atomic E-state index is 0.0193. The van der Waals surface area contributed by atoms with Crippen molar-refractivity contribution in [3.05, 3.63) is 27.3 Å². The number of aliphatic hydroxyl groups is 1. The van der Waals surface area contributed by atoms with E-state index in [0.717, 1.165) is 3.57 Å². The molecule has 0 aliphatic heterocycles. The number of carbonyl (C=O) groups is 1. The van der Waals surface area contributed by atoms with Crippen molar-refractivity contribution in [2.24, 2.45) is 0 Å². The fourth-order valence-electron chi connectivity index (χ4n) is 1.51. The molecule has 0 radical (unpaired) electrons. The van der Waals surface area contributed by atoms with Gasteiger partial charge in [0.15, 0.2) is 6.79 Å². The molecule has 0 fully saturated rings. The first-order chi connectivity index (χ1) is 8.13. The van der Waals surface area contributed by atoms with Gasteiger partial charge in [0.05, 0.1) is 3.57 Å². The Labute approximate surface area is 115 Å². The van der Waals surface area contributed by atoms with Gasteiger partial charge in [-0.05, 0) is 54.6 Å². The Bertz CT molecular complexity index is 391. The molecule has 5 heteroatoms. The minimum Gasteiger partial charge on any atom is -0.467 e. The molecule has 0 saturated carbocycles. The SMILES string of the molecule is CCN(CC)C(=O)c1ccc(I)c(OCO)c1. The Balaban J connectivity index is 2.98. The fraction of sp³-hybridized carbons (Fsp3) is 0.417. The van der Waals surface area contributed by atoms with Gasteiger partial charge in [0, 0.05) is 18.7 Å². The Morgan fingerprint density at radius 1 is 1.41 bits per heavy atom. The molecule has 4 nitrogen and oxygen atoms in total. The average Bonchev–Trinajstić information content (AvgIpc) is 2.33. The Hall–Kier alpha value is -0.820. The van der Waals surface area contributed by atoms with E-state index < -0.39 is 0 Å². The van der Waals surface area contributed by atoms with Gasteiger partial charge in [-0.25, -0.2) is 0 Å². The van der Waals surface area contributed by atoms with Gasteiger partial charge in [-0.3, -0.25) is 4.79 Å². The molecule has 0 bridgehead atoms. The van der Waals surface area contributed by atoms with Crippen LogP contribution < -0.4 is 4.74 Å². The summed E-state index contributed by atoms with van der Waals surface area (Å²) >= 11 is 2.10. The normalized spacial score (nSPS) is 10.1. The number of rotatable bonds is 5. The lowest BCUT2D eigenvalue weighted by molar-refractivity contribution is 0.0768. The third-order valence-electron chi connectivity index (χ3n) is 2.45. The third kappa shape index (κ3) is 3.57. The summed E-state index contributed by atoms with van der Waals surface area (Å²) in [4.78, 5) is 13.8. The smallest absolute Gasteiger partial charge is 0.253 e. The molecule has 0 unspecified atom stereocenters. The molecule has 0 aliphatic rings. The Morgan fingerprint density at radius 3 is 2.59 bits per heavy atom. The van der Waals surface area contributed by atoms with Crippen molar-refractivity contribution < 1.29 is 14.6 Å². The summed E-state index contributed by atoms with van der Waals surface area (Å²) < 4.78 is 5.92. The molecule has 1 amide bonds. The van der Waals surface area contributed by atoms with Crippen LogP contribution in [-0.2, 0) is 0 Å². The highest BCUT2D eigenvalue weighted by Crippen LogP contribution is 2.23. The van der Waals surface area contributed by atoms with Crippen LogP contribution in [0.15, 0.2) is 18.2 Å². The molecular formula is C12H16INO3. The molecular weight excluding hydrogens is 333 g/mol. The molecule has 0 aliphatic carbocycles. The highest BCUT2D eigenvalue weighted by atomic mass is 127. The van der Waals surface area contributed by atoms with Crippen molar-refractivity contribution in [1.29, 1.82) is 0 Å². The van der Waals surface area contributed by atoms with Gasteiger partial charge in [-0.1, -0.05) is 0 Å². The van der Waals surface area contributed by atoms with Crippen LogP contribution in [0.3, 0.4) is 0 Å². The van der Waals surface area contributed by atoms with Crippen LogP contribution in [-0.4, -0.2) is 35.8 Å². The van der Waals surface area contributed by atoms with E-state index in [9.17, 15) is 4.79 Å². The van der Waals surface area contributed by atoms with E-state index in [0.29, 0.717) is 24.4 Å². The van der Waals surface area contributed by atoms with Crippen LogP contribution in [0.25, 0.3) is 0 Å². The lowest BCUT2D eigenvalue weighted by Gasteiger charge is -2.19. The Kier molecular flexibility index (Phi) is 5.70. The number of benzene rings is 1. The predicted octanol–water partition coefficient (Wildman–Crippen LogP) is 2.10. The molecule has 17 heavy (non-hydrogen) atoms. The number of halogens is 1. The van der Waals surface area contributed by atoms with E-state index in [-0.39, 0.29) is 12.7 Å². The average molecular weight is 349 g/mol. The first-order valence-corrected chi connectivity index (χ1v) is 6.54. The van der Waals surface area contributed by atoms with Crippen molar-refractivity contribution in [1.82, 2.24) is 4.90 Å². The highest BCUT2D eigenvalue weighted by molar-refractivity contribution is 14.1. The van der Waals surface area contributed by atoms with Gasteiger partial charge in [0.1, 0.15) is 5.75 Å². The van der Waals surface area contributed by atoms with Gasteiger partial charge in [-0.15, -0.1) is 0 Å². The summed E-state index contributed by atoms with van der Waals surface area (Å²) in [6, 6.07) is 5.24. The van der Waals surface area contributed by atoms with Crippen molar-refractivity contribution in [3.63, 3.8) is 0 Å². The molecule has 0 saturated heterocycles. The summed E-state index contributed by atoms with van der Waals surface area (Å²) in [5.74, 6) is 0.514. The maximum absolute atomic E-state index is 12.1. The van der Waals surface area contributed by atoms with Crippen LogP contribution >= 0.6 is 22.6 Å². The monoisotopic (exact) mass is 349 g/mol. The van der Waals surface area contributed by atoms with Gasteiger partial charge in [0.2, 0.25) is 0 Å². The molecule has 0 aromatic heterocycles. The van der Waals surface area contributed by atoms with E-state index in [4.69, 9.17) is 9.84 Å². The van der Waals surface area contributed by atoms with E-state index in [1.54, 1.807) is 17.0 Å². The third-order valence-corrected chi connectivity index (χ3v) is 3.34. The van der Waals surface area contributed by atoms with Crippen LogP contribution in [0.5, 0.6) is 5.75 Å². The molecule has 1 rings (SSSR count). The largest absolute Gasteiger partial charge is 0.467 e. The van der Waals surface area contributed by atoms with Gasteiger partial charge in [0.25, 0.3) is 5.91 Å². The van der Waals surface area contributed by atoms with E-state index in [2.05, 4.69) is 22.6 Å². The zero-order chi connectivity index (χ0) is 12.8. The van der Waals surface area contributed by atoms with Crippen LogP contribution in [0.1, 0.15) is 24.2 Å². The maximum atomic E-state index is 12.1. The van der Waals surface area contributed by atoms with Gasteiger partial charge >= 0.3 is 0 Å². The van der Waals surface area contributed by atoms with Crippen molar-refractivity contribution in [2.75, 3.05) is 19.9 Å². The van der Waals surface area contributed by atoms with Crippen molar-refractivity contribution >= 4 is 28.5 Å². The number of hydrogen-bond donors (Lipinski definition) is 1. The van der Waals surface area contributed by atoms with Gasteiger partial charge in [-0.2, -0.15) is 0 Å². The predicted molar refractivity (Wildman–Crippen MR) is 74.1 cm³/mol. The lowest BCUT2D eigenvalue weighted by Crippen LogP contribution is -2.30. The highest BCUT2D eigenvalue weighted by Gasteiger charge is 2.14. The van der Waals surface area contributed by atoms with Crippen LogP contribution in [0.2, 0.25) is 0 Å². The van der Waals surface area contributed by atoms with E-state index in [1.165, 1.54) is 0 Å². The summed E-state index contributed by atoms with van der Waals surface area (Å²) in [6.45, 7) is 4.85. The zero-order valence-electron chi connectivity index (χ0n) is 9.94. The maximum Gasteiger partial charge on any atom is 0.253 e. The van der Waals surface area contributed by atoms with E-state index >= 15 is 0 Å². The molecule has 94 valence electrons. The van der Waals surface area contributed by atoms with Crippen LogP contribution in [0, 0.1) is 3.57 Å². The molecule has 0 atom stereocenters. The van der Waals surface area contributed by atoms with E-state index in [1.807, 2.05) is 19.9 Å². The van der Waals surface area contributed by atoms with Crippen molar-refractivity contribution in [2.45, 2.75) is 13.8 Å². The molecule has 1 N–H and O–H groups in total. The first kappa shape index (κ1) is 14.2. The zero-order valence-corrected chi connectivity index (χ0v) is 12.1. The summed E-state index contributed by atoms with van der Waals surface area (Å²) in [7, 11) is 0. The number of hydrogen-bond acceptors (Lipinski definition) is 3. The second-order valence-corrected chi connectivity index (χ2v) is 4.56. The minimum atomic E-state index is -0.390. The quantitative estimate of drug-likeness (QED) is 0.654. The molecule has 1 aromatic rings. The second kappa shape index (κ2) is 6.80. The van der Waals surface area contributed by atoms with Crippen molar-refractivity contribution in [3.8, 4) is 5.75 Å². The number of ether oxygens (including phenoxy) is 1. The second-order valence-electron chi connectivity index (χ2n) is 3.40. The fourth-order valence-corrected chi connectivity index (χ4v) is 2.00. The van der Waals surface area contributed by atoms with Crippen LogP contribution in [0.4, 0.5) is 0 Å². The summed E-state index contributed by atoms with van der Waals surface area (Å²) in [5.41, 5.74) is 0.581. The topological polar surface area (TPSA) is 49.8 Å².